The first kappa shape index (κ1) is 15.4. The molecule has 0 aliphatic rings. The van der Waals surface area contributed by atoms with E-state index in [4.69, 9.17) is 0 Å². The fraction of sp³-hybridized carbons (Fsp3) is 0.368. The summed E-state index contributed by atoms with van der Waals surface area (Å²) in [7, 11) is 0. The van der Waals surface area contributed by atoms with Crippen LogP contribution < -0.4 is 0 Å². The van der Waals surface area contributed by atoms with Gasteiger partial charge in [-0.2, -0.15) is 0 Å². The van der Waals surface area contributed by atoms with Crippen LogP contribution >= 0.6 is 0 Å². The molecule has 0 N–H and O–H groups in total. The molecular formula is C19H23Li. The van der Waals surface area contributed by atoms with Gasteiger partial charge in [-0.15, -0.1) is 0 Å². The molecule has 2 rings (SSSR count). The molecule has 0 bridgehead atoms. The summed E-state index contributed by atoms with van der Waals surface area (Å²) in [6, 6.07) is 21.9. The molecular weight excluding hydrogens is 235 g/mol. The standard InChI is InChI=1S/C19H23.Li/c1-3-10-16(2)15-19(17-11-6-4-7-12-17)18-13-8-5-9-14-18;/h4-9,11-14,16H,3,10,15H2,1-2H3;. The van der Waals surface area contributed by atoms with Gasteiger partial charge in [-0.3, -0.25) is 0 Å². The number of rotatable bonds is 6. The zero-order valence-electron chi connectivity index (χ0n) is 13.0. The third kappa shape index (κ3) is 3.57. The molecule has 1 unspecified atom stereocenters. The van der Waals surface area contributed by atoms with E-state index in [1.54, 1.807) is 0 Å². The van der Waals surface area contributed by atoms with E-state index in [2.05, 4.69) is 92.2 Å². The summed E-state index contributed by atoms with van der Waals surface area (Å²) in [4.78, 5) is 0. The molecule has 1 heteroatoms. The fourth-order valence-electron chi connectivity index (χ4n) is 3.31. The normalized spacial score (nSPS) is 13.2. The maximum atomic E-state index is 2.39. The molecule has 20 heavy (non-hydrogen) atoms. The van der Waals surface area contributed by atoms with Gasteiger partial charge >= 0.3 is 133 Å². The van der Waals surface area contributed by atoms with Crippen LogP contribution in [-0.4, -0.2) is 17.7 Å². The molecule has 0 aromatic heterocycles. The Morgan fingerprint density at radius 1 is 0.900 bits per heavy atom. The topological polar surface area (TPSA) is 0 Å². The number of hydrogen-bond donors (Lipinski definition) is 0. The van der Waals surface area contributed by atoms with E-state index in [9.17, 15) is 0 Å². The van der Waals surface area contributed by atoms with Crippen LogP contribution in [0.1, 0.15) is 44.2 Å². The van der Waals surface area contributed by atoms with Gasteiger partial charge in [0.15, 0.2) is 0 Å². The van der Waals surface area contributed by atoms with Gasteiger partial charge in [0, 0.05) is 0 Å². The van der Waals surface area contributed by atoms with Crippen LogP contribution in [0.5, 0.6) is 0 Å². The zero-order valence-corrected chi connectivity index (χ0v) is 13.0. The predicted molar refractivity (Wildman–Crippen MR) is 88.1 cm³/mol. The summed E-state index contributed by atoms with van der Waals surface area (Å²) in [5.74, 6) is 0.741. The number of hydrogen-bond acceptors (Lipinski definition) is 0. The van der Waals surface area contributed by atoms with Crippen LogP contribution in [0.4, 0.5) is 0 Å². The molecule has 0 nitrogen and oxygen atoms in total. The summed E-state index contributed by atoms with van der Waals surface area (Å²) in [6.07, 6.45) is 3.77. The average molecular weight is 258 g/mol. The molecule has 0 saturated carbocycles. The van der Waals surface area contributed by atoms with Crippen molar-refractivity contribution in [2.75, 3.05) is 0 Å². The van der Waals surface area contributed by atoms with E-state index in [1.807, 2.05) is 0 Å². The summed E-state index contributed by atoms with van der Waals surface area (Å²) in [5, 5.41) is 0. The Kier molecular flexibility index (Phi) is 5.52. The van der Waals surface area contributed by atoms with Crippen molar-refractivity contribution < 1.29 is 0 Å². The summed E-state index contributed by atoms with van der Waals surface area (Å²) in [5.41, 5.74) is 2.85. The molecule has 0 aliphatic heterocycles. The molecule has 0 spiro atoms. The Labute approximate surface area is 132 Å². The molecule has 0 radical (unpaired) electrons. The second-order valence-corrected chi connectivity index (χ2v) is 6.16. The molecule has 2 aromatic rings. The Hall–Kier alpha value is -0.963. The van der Waals surface area contributed by atoms with Gasteiger partial charge in [-0.05, 0) is 0 Å². The van der Waals surface area contributed by atoms with Crippen LogP contribution in [-0.2, 0) is 4.09 Å². The molecule has 1 atom stereocenters. The van der Waals surface area contributed by atoms with E-state index in [0.717, 1.165) is 5.92 Å². The van der Waals surface area contributed by atoms with E-state index < -0.39 is 0 Å². The van der Waals surface area contributed by atoms with Gasteiger partial charge in [0.2, 0.25) is 0 Å². The van der Waals surface area contributed by atoms with E-state index in [0.29, 0.717) is 0 Å². The molecule has 0 heterocycles. The monoisotopic (exact) mass is 258 g/mol. The van der Waals surface area contributed by atoms with Crippen LogP contribution in [0, 0.1) is 5.92 Å². The Bertz CT molecular complexity index is 464. The van der Waals surface area contributed by atoms with Crippen molar-refractivity contribution in [1.29, 1.82) is 0 Å². The Morgan fingerprint density at radius 3 is 1.75 bits per heavy atom. The van der Waals surface area contributed by atoms with Crippen molar-refractivity contribution in [3.05, 3.63) is 71.8 Å². The number of benzene rings is 2. The van der Waals surface area contributed by atoms with Crippen molar-refractivity contribution in [3.63, 3.8) is 0 Å². The van der Waals surface area contributed by atoms with Gasteiger partial charge in [0.25, 0.3) is 0 Å². The predicted octanol–water partition coefficient (Wildman–Crippen LogP) is 4.93. The Morgan fingerprint density at radius 2 is 1.35 bits per heavy atom. The van der Waals surface area contributed by atoms with Crippen molar-refractivity contribution in [2.24, 2.45) is 5.92 Å². The SMILES string of the molecule is [Li][C](CC(C)CCC)(c1ccccc1)c1ccccc1. The quantitative estimate of drug-likeness (QED) is 0.645. The summed E-state index contributed by atoms with van der Waals surface area (Å²) >= 11 is 2.39. The maximum absolute atomic E-state index is 2.39. The van der Waals surface area contributed by atoms with Gasteiger partial charge in [-0.25, -0.2) is 0 Å². The Balaban J connectivity index is 2.38. The molecule has 0 amide bonds. The second kappa shape index (κ2) is 7.16. The summed E-state index contributed by atoms with van der Waals surface area (Å²) in [6.45, 7) is 4.66. The minimum absolute atomic E-state index is 0.108. The van der Waals surface area contributed by atoms with E-state index >= 15 is 0 Å². The molecule has 0 aliphatic carbocycles. The minimum atomic E-state index is 0.108. The van der Waals surface area contributed by atoms with Crippen LogP contribution in [0.25, 0.3) is 0 Å². The van der Waals surface area contributed by atoms with E-state index in [1.165, 1.54) is 30.4 Å². The summed E-state index contributed by atoms with van der Waals surface area (Å²) < 4.78 is 0.108. The second-order valence-electron chi connectivity index (χ2n) is 6.16. The van der Waals surface area contributed by atoms with Gasteiger partial charge in [0.05, 0.1) is 0 Å². The third-order valence-corrected chi connectivity index (χ3v) is 4.36. The van der Waals surface area contributed by atoms with Gasteiger partial charge < -0.3 is 0 Å². The van der Waals surface area contributed by atoms with E-state index in [-0.39, 0.29) is 4.09 Å². The van der Waals surface area contributed by atoms with Crippen molar-refractivity contribution in [1.82, 2.24) is 0 Å². The van der Waals surface area contributed by atoms with Crippen LogP contribution in [0.15, 0.2) is 60.7 Å². The molecule has 2 aromatic carbocycles. The van der Waals surface area contributed by atoms with Crippen molar-refractivity contribution >= 4 is 17.7 Å². The molecule has 100 valence electrons. The van der Waals surface area contributed by atoms with Gasteiger partial charge in [-0.1, -0.05) is 0 Å². The zero-order chi connectivity index (χ0) is 14.4. The molecule has 0 fully saturated rings. The van der Waals surface area contributed by atoms with Crippen molar-refractivity contribution in [2.45, 2.75) is 37.2 Å². The van der Waals surface area contributed by atoms with Crippen LogP contribution in [0.3, 0.4) is 0 Å². The first-order chi connectivity index (χ1) is 9.66. The van der Waals surface area contributed by atoms with Crippen molar-refractivity contribution in [3.8, 4) is 0 Å². The van der Waals surface area contributed by atoms with Crippen LogP contribution in [0.2, 0.25) is 0 Å². The third-order valence-electron chi connectivity index (χ3n) is 4.36. The fourth-order valence-corrected chi connectivity index (χ4v) is 3.31. The van der Waals surface area contributed by atoms with Gasteiger partial charge in [0.1, 0.15) is 0 Å². The first-order valence-electron chi connectivity index (χ1n) is 7.78. The average Bonchev–Trinajstić information content (AvgIpc) is 2.49. The molecule has 0 saturated heterocycles. The first-order valence-corrected chi connectivity index (χ1v) is 7.78.